The second-order valence-electron chi connectivity index (χ2n) is 5.04. The molecule has 4 heteroatoms. The largest absolute Gasteiger partial charge is 0.373 e. The van der Waals surface area contributed by atoms with E-state index in [1.807, 2.05) is 18.4 Å². The van der Waals surface area contributed by atoms with Gasteiger partial charge in [0.2, 0.25) is 0 Å². The Morgan fingerprint density at radius 1 is 1.42 bits per heavy atom. The second-order valence-corrected chi connectivity index (χ2v) is 5.89. The second kappa shape index (κ2) is 6.83. The van der Waals surface area contributed by atoms with Gasteiger partial charge in [-0.05, 0) is 50.2 Å². The Bertz CT molecular complexity index is 461. The lowest BCUT2D eigenvalue weighted by Gasteiger charge is -2.29. The van der Waals surface area contributed by atoms with Crippen molar-refractivity contribution in [1.29, 1.82) is 5.26 Å². The minimum atomic E-state index is 0.732. The fraction of sp³-hybridized carbons (Fsp3) is 0.533. The molecular weight excluding hydrogens is 254 g/mol. The Hall–Kier alpha value is -1.18. The highest BCUT2D eigenvalue weighted by Gasteiger charge is 2.17. The van der Waals surface area contributed by atoms with Gasteiger partial charge in [-0.3, -0.25) is 0 Å². The van der Waals surface area contributed by atoms with Gasteiger partial charge in [0.05, 0.1) is 11.3 Å². The molecule has 3 nitrogen and oxygen atoms in total. The van der Waals surface area contributed by atoms with Crippen molar-refractivity contribution in [3.63, 3.8) is 0 Å². The first-order valence-electron chi connectivity index (χ1n) is 6.75. The molecular formula is C15H21N3S. The molecule has 1 aromatic carbocycles. The standard InChI is InChI=1S/C15H21N3S/c1-18(11-12-6-8-17-9-7-12)14-4-3-5-15(19-2)13(14)10-16/h3-5,12,17H,6-9,11H2,1-2H3. The highest BCUT2D eigenvalue weighted by Crippen LogP contribution is 2.29. The molecule has 0 radical (unpaired) electrons. The summed E-state index contributed by atoms with van der Waals surface area (Å²) in [5, 5.41) is 12.8. The number of nitrogens with zero attached hydrogens (tertiary/aromatic N) is 2. The van der Waals surface area contributed by atoms with Crippen LogP contribution in [0.4, 0.5) is 5.69 Å². The van der Waals surface area contributed by atoms with Gasteiger partial charge in [-0.15, -0.1) is 11.8 Å². The number of piperidine rings is 1. The first kappa shape index (κ1) is 14.2. The van der Waals surface area contributed by atoms with E-state index in [0.717, 1.165) is 41.7 Å². The van der Waals surface area contributed by atoms with Crippen molar-refractivity contribution in [2.45, 2.75) is 17.7 Å². The number of rotatable bonds is 4. The number of hydrogen-bond donors (Lipinski definition) is 1. The summed E-state index contributed by atoms with van der Waals surface area (Å²) in [5.74, 6) is 0.732. The maximum Gasteiger partial charge on any atom is 0.102 e. The number of thioether (sulfide) groups is 1. The Labute approximate surface area is 120 Å². The predicted molar refractivity (Wildman–Crippen MR) is 81.8 cm³/mol. The smallest absolute Gasteiger partial charge is 0.102 e. The minimum Gasteiger partial charge on any atom is -0.373 e. The summed E-state index contributed by atoms with van der Waals surface area (Å²) < 4.78 is 0. The van der Waals surface area contributed by atoms with E-state index in [1.165, 1.54) is 12.8 Å². The lowest BCUT2D eigenvalue weighted by molar-refractivity contribution is 0.378. The maximum atomic E-state index is 9.39. The molecule has 102 valence electrons. The first-order chi connectivity index (χ1) is 9.26. The molecule has 1 saturated heterocycles. The van der Waals surface area contributed by atoms with Crippen molar-refractivity contribution in [2.24, 2.45) is 5.92 Å². The quantitative estimate of drug-likeness (QED) is 0.858. The predicted octanol–water partition coefficient (Wildman–Crippen LogP) is 2.72. The van der Waals surface area contributed by atoms with Gasteiger partial charge in [-0.2, -0.15) is 5.26 Å². The number of nitrogens with one attached hydrogen (secondary N) is 1. The molecule has 19 heavy (non-hydrogen) atoms. The van der Waals surface area contributed by atoms with E-state index in [9.17, 15) is 5.26 Å². The third-order valence-electron chi connectivity index (χ3n) is 3.74. The monoisotopic (exact) mass is 275 g/mol. The Morgan fingerprint density at radius 2 is 2.16 bits per heavy atom. The highest BCUT2D eigenvalue weighted by atomic mass is 32.2. The number of benzene rings is 1. The van der Waals surface area contributed by atoms with E-state index in [4.69, 9.17) is 0 Å². The van der Waals surface area contributed by atoms with Crippen LogP contribution < -0.4 is 10.2 Å². The van der Waals surface area contributed by atoms with Crippen molar-refractivity contribution in [3.05, 3.63) is 23.8 Å². The van der Waals surface area contributed by atoms with Gasteiger partial charge in [-0.1, -0.05) is 6.07 Å². The molecule has 0 atom stereocenters. The molecule has 1 aromatic rings. The molecule has 0 unspecified atom stereocenters. The topological polar surface area (TPSA) is 39.1 Å². The summed E-state index contributed by atoms with van der Waals surface area (Å²) >= 11 is 1.64. The molecule has 1 fully saturated rings. The lowest BCUT2D eigenvalue weighted by Crippen LogP contribution is -2.34. The number of anilines is 1. The average molecular weight is 275 g/mol. The van der Waals surface area contributed by atoms with Crippen LogP contribution in [-0.2, 0) is 0 Å². The molecule has 0 saturated carbocycles. The first-order valence-corrected chi connectivity index (χ1v) is 7.97. The van der Waals surface area contributed by atoms with Crippen molar-refractivity contribution in [1.82, 2.24) is 5.32 Å². The summed E-state index contributed by atoms with van der Waals surface area (Å²) in [4.78, 5) is 3.31. The summed E-state index contributed by atoms with van der Waals surface area (Å²) in [6.45, 7) is 3.27. The van der Waals surface area contributed by atoms with Crippen LogP contribution in [0.5, 0.6) is 0 Å². The van der Waals surface area contributed by atoms with Gasteiger partial charge in [-0.25, -0.2) is 0 Å². The zero-order valence-corrected chi connectivity index (χ0v) is 12.5. The van der Waals surface area contributed by atoms with Crippen LogP contribution in [0.1, 0.15) is 18.4 Å². The molecule has 0 spiro atoms. The van der Waals surface area contributed by atoms with Gasteiger partial charge < -0.3 is 10.2 Å². The normalized spacial score (nSPS) is 16.1. The van der Waals surface area contributed by atoms with Crippen LogP contribution in [0, 0.1) is 17.2 Å². The number of hydrogen-bond acceptors (Lipinski definition) is 4. The van der Waals surface area contributed by atoms with Gasteiger partial charge in [0.25, 0.3) is 0 Å². The maximum absolute atomic E-state index is 9.39. The Kier molecular flexibility index (Phi) is 5.12. The van der Waals surface area contributed by atoms with Crippen molar-refractivity contribution in [3.8, 4) is 6.07 Å². The van der Waals surface area contributed by atoms with E-state index < -0.39 is 0 Å². The Balaban J connectivity index is 2.14. The van der Waals surface area contributed by atoms with E-state index in [1.54, 1.807) is 11.8 Å². The van der Waals surface area contributed by atoms with Crippen LogP contribution in [0.15, 0.2) is 23.1 Å². The van der Waals surface area contributed by atoms with Crippen LogP contribution >= 0.6 is 11.8 Å². The summed E-state index contributed by atoms with van der Waals surface area (Å²) in [6.07, 6.45) is 4.48. The fourth-order valence-electron chi connectivity index (χ4n) is 2.67. The summed E-state index contributed by atoms with van der Waals surface area (Å²) in [7, 11) is 2.10. The third-order valence-corrected chi connectivity index (χ3v) is 4.52. The summed E-state index contributed by atoms with van der Waals surface area (Å²) in [5.41, 5.74) is 1.87. The van der Waals surface area contributed by atoms with Gasteiger partial charge in [0.1, 0.15) is 6.07 Å². The zero-order chi connectivity index (χ0) is 13.7. The fourth-order valence-corrected chi connectivity index (χ4v) is 3.24. The van der Waals surface area contributed by atoms with Gasteiger partial charge >= 0.3 is 0 Å². The molecule has 0 aliphatic carbocycles. The molecule has 1 aliphatic rings. The average Bonchev–Trinajstić information content (AvgIpc) is 2.47. The SMILES string of the molecule is CSc1cccc(N(C)CC2CCNCC2)c1C#N. The molecule has 0 aromatic heterocycles. The molecule has 1 aliphatic heterocycles. The highest BCUT2D eigenvalue weighted by molar-refractivity contribution is 7.98. The van der Waals surface area contributed by atoms with E-state index in [2.05, 4.69) is 29.4 Å². The zero-order valence-electron chi connectivity index (χ0n) is 11.6. The van der Waals surface area contributed by atoms with E-state index in [0.29, 0.717) is 0 Å². The third kappa shape index (κ3) is 3.43. The number of nitriles is 1. The molecule has 0 amide bonds. The minimum absolute atomic E-state index is 0.732. The van der Waals surface area contributed by atoms with Crippen LogP contribution in [0.2, 0.25) is 0 Å². The van der Waals surface area contributed by atoms with Crippen molar-refractivity contribution >= 4 is 17.4 Å². The summed E-state index contributed by atoms with van der Waals surface area (Å²) in [6, 6.07) is 8.47. The molecule has 1 N–H and O–H groups in total. The molecule has 0 bridgehead atoms. The Morgan fingerprint density at radius 3 is 2.79 bits per heavy atom. The van der Waals surface area contributed by atoms with Crippen LogP contribution in [0.3, 0.4) is 0 Å². The molecule has 2 rings (SSSR count). The van der Waals surface area contributed by atoms with Gasteiger partial charge in [0.15, 0.2) is 0 Å². The van der Waals surface area contributed by atoms with Crippen LogP contribution in [-0.4, -0.2) is 32.9 Å². The lowest BCUT2D eigenvalue weighted by atomic mass is 9.97. The van der Waals surface area contributed by atoms with Crippen molar-refractivity contribution < 1.29 is 0 Å². The van der Waals surface area contributed by atoms with Crippen molar-refractivity contribution in [2.75, 3.05) is 37.8 Å². The van der Waals surface area contributed by atoms with Gasteiger partial charge in [0, 0.05) is 18.5 Å². The van der Waals surface area contributed by atoms with Crippen LogP contribution in [0.25, 0.3) is 0 Å². The van der Waals surface area contributed by atoms with E-state index in [-0.39, 0.29) is 0 Å². The van der Waals surface area contributed by atoms with E-state index >= 15 is 0 Å². The molecule has 1 heterocycles.